The molecule has 0 aliphatic rings. The van der Waals surface area contributed by atoms with Crippen molar-refractivity contribution in [2.45, 2.75) is 39.0 Å². The summed E-state index contributed by atoms with van der Waals surface area (Å²) in [5, 5.41) is 3.08. The van der Waals surface area contributed by atoms with E-state index in [0.29, 0.717) is 5.56 Å². The first-order chi connectivity index (χ1) is 8.58. The van der Waals surface area contributed by atoms with Crippen molar-refractivity contribution in [2.24, 2.45) is 0 Å². The van der Waals surface area contributed by atoms with Crippen LogP contribution in [0.15, 0.2) is 18.2 Å². The summed E-state index contributed by atoms with van der Waals surface area (Å²) in [5.41, 5.74) is 0.132. The summed E-state index contributed by atoms with van der Waals surface area (Å²) in [5.74, 6) is -1.14. The molecule has 0 atom stereocenters. The van der Waals surface area contributed by atoms with Gasteiger partial charge in [0.15, 0.2) is 18.2 Å². The largest absolute Gasteiger partial charge is 0.481 e. The molecule has 108 valence electrons. The molecule has 2 nitrogen and oxygen atoms in total. The van der Waals surface area contributed by atoms with Crippen molar-refractivity contribution in [3.05, 3.63) is 29.6 Å². The van der Waals surface area contributed by atoms with Gasteiger partial charge in [-0.2, -0.15) is 13.2 Å². The summed E-state index contributed by atoms with van der Waals surface area (Å²) in [6, 6.07) is 4.05. The molecule has 6 heteroatoms. The molecular weight excluding hydrogens is 262 g/mol. The molecule has 0 aliphatic heterocycles. The van der Waals surface area contributed by atoms with E-state index in [-0.39, 0.29) is 17.8 Å². The number of benzene rings is 1. The molecule has 1 aromatic carbocycles. The van der Waals surface area contributed by atoms with Crippen LogP contribution < -0.4 is 10.1 Å². The minimum absolute atomic E-state index is 0.229. The van der Waals surface area contributed by atoms with E-state index < -0.39 is 18.6 Å². The molecule has 1 aromatic rings. The van der Waals surface area contributed by atoms with E-state index in [1.165, 1.54) is 12.1 Å². The second-order valence-electron chi connectivity index (χ2n) is 5.24. The van der Waals surface area contributed by atoms with Gasteiger partial charge in [0.05, 0.1) is 0 Å². The van der Waals surface area contributed by atoms with Crippen LogP contribution in [0.2, 0.25) is 0 Å². The summed E-state index contributed by atoms with van der Waals surface area (Å²) < 4.78 is 54.4. The third-order valence-electron chi connectivity index (χ3n) is 2.24. The topological polar surface area (TPSA) is 21.3 Å². The average molecular weight is 279 g/mol. The molecule has 0 spiro atoms. The van der Waals surface area contributed by atoms with Gasteiger partial charge in [-0.1, -0.05) is 12.1 Å². The number of halogens is 4. The van der Waals surface area contributed by atoms with Gasteiger partial charge in [0.25, 0.3) is 0 Å². The second kappa shape index (κ2) is 5.77. The molecule has 19 heavy (non-hydrogen) atoms. The number of ether oxygens (including phenoxy) is 1. The third-order valence-corrected chi connectivity index (χ3v) is 2.24. The van der Waals surface area contributed by atoms with Gasteiger partial charge in [0.1, 0.15) is 0 Å². The summed E-state index contributed by atoms with van der Waals surface area (Å²) in [6.45, 7) is 4.44. The maximum Gasteiger partial charge on any atom is 0.422 e. The number of hydrogen-bond donors (Lipinski definition) is 1. The molecule has 0 heterocycles. The Morgan fingerprint density at radius 2 is 1.79 bits per heavy atom. The van der Waals surface area contributed by atoms with E-state index in [0.717, 1.165) is 6.07 Å². The quantitative estimate of drug-likeness (QED) is 0.849. The number of alkyl halides is 3. The third kappa shape index (κ3) is 5.92. The van der Waals surface area contributed by atoms with Crippen LogP contribution in [0.1, 0.15) is 26.3 Å². The minimum atomic E-state index is -4.49. The van der Waals surface area contributed by atoms with E-state index in [4.69, 9.17) is 0 Å². The summed E-state index contributed by atoms with van der Waals surface area (Å²) in [4.78, 5) is 0. The predicted octanol–water partition coefficient (Wildman–Crippen LogP) is 3.65. The molecule has 1 N–H and O–H groups in total. The zero-order valence-corrected chi connectivity index (χ0v) is 11.1. The van der Waals surface area contributed by atoms with E-state index >= 15 is 0 Å². The van der Waals surface area contributed by atoms with Gasteiger partial charge in [-0.3, -0.25) is 0 Å². The Hall–Kier alpha value is -1.30. The number of hydrogen-bond acceptors (Lipinski definition) is 2. The SMILES string of the molecule is CC(C)(C)NCc1cccc(F)c1OCC(F)(F)F. The molecule has 0 bridgehead atoms. The first-order valence-electron chi connectivity index (χ1n) is 5.80. The highest BCUT2D eigenvalue weighted by Gasteiger charge is 2.29. The number of para-hydroxylation sites is 1. The molecule has 0 saturated heterocycles. The Morgan fingerprint density at radius 1 is 1.16 bits per heavy atom. The van der Waals surface area contributed by atoms with Crippen molar-refractivity contribution < 1.29 is 22.3 Å². The Bertz CT molecular complexity index is 424. The smallest absolute Gasteiger partial charge is 0.422 e. The monoisotopic (exact) mass is 279 g/mol. The second-order valence-corrected chi connectivity index (χ2v) is 5.24. The van der Waals surface area contributed by atoms with Gasteiger partial charge >= 0.3 is 6.18 Å². The fourth-order valence-corrected chi connectivity index (χ4v) is 1.37. The van der Waals surface area contributed by atoms with E-state index in [9.17, 15) is 17.6 Å². The lowest BCUT2D eigenvalue weighted by Gasteiger charge is -2.22. The van der Waals surface area contributed by atoms with Gasteiger partial charge in [-0.25, -0.2) is 4.39 Å². The van der Waals surface area contributed by atoms with Crippen molar-refractivity contribution in [3.8, 4) is 5.75 Å². The first kappa shape index (κ1) is 15.8. The Labute approximate surface area is 109 Å². The van der Waals surface area contributed by atoms with Crippen molar-refractivity contribution in [1.29, 1.82) is 0 Å². The van der Waals surface area contributed by atoms with Gasteiger partial charge in [0, 0.05) is 17.6 Å². The van der Waals surface area contributed by atoms with Crippen LogP contribution in [0.4, 0.5) is 17.6 Å². The molecule has 0 unspecified atom stereocenters. The molecule has 0 saturated carbocycles. The lowest BCUT2D eigenvalue weighted by molar-refractivity contribution is -0.154. The lowest BCUT2D eigenvalue weighted by Crippen LogP contribution is -2.35. The van der Waals surface area contributed by atoms with Crippen molar-refractivity contribution >= 4 is 0 Å². The molecule has 0 amide bonds. The Morgan fingerprint density at radius 3 is 2.32 bits per heavy atom. The normalized spacial score (nSPS) is 12.6. The minimum Gasteiger partial charge on any atom is -0.481 e. The highest BCUT2D eigenvalue weighted by atomic mass is 19.4. The van der Waals surface area contributed by atoms with Crippen LogP contribution in [0.25, 0.3) is 0 Å². The summed E-state index contributed by atoms with van der Waals surface area (Å²) >= 11 is 0. The number of nitrogens with one attached hydrogen (secondary N) is 1. The zero-order chi connectivity index (χ0) is 14.7. The fraction of sp³-hybridized carbons (Fsp3) is 0.538. The van der Waals surface area contributed by atoms with Crippen LogP contribution in [0, 0.1) is 5.82 Å². The lowest BCUT2D eigenvalue weighted by atomic mass is 10.1. The maximum atomic E-state index is 13.5. The first-order valence-corrected chi connectivity index (χ1v) is 5.80. The van der Waals surface area contributed by atoms with E-state index in [1.54, 1.807) is 0 Å². The van der Waals surface area contributed by atoms with Crippen LogP contribution in [-0.4, -0.2) is 18.3 Å². The Kier molecular flexibility index (Phi) is 4.79. The molecular formula is C13H17F4NO. The van der Waals surface area contributed by atoms with Crippen molar-refractivity contribution in [2.75, 3.05) is 6.61 Å². The van der Waals surface area contributed by atoms with Crippen molar-refractivity contribution in [3.63, 3.8) is 0 Å². The van der Waals surface area contributed by atoms with E-state index in [1.807, 2.05) is 20.8 Å². The molecule has 0 fully saturated rings. The van der Waals surface area contributed by atoms with Crippen LogP contribution in [0.3, 0.4) is 0 Å². The van der Waals surface area contributed by atoms with Crippen LogP contribution in [-0.2, 0) is 6.54 Å². The fourth-order valence-electron chi connectivity index (χ4n) is 1.37. The Balaban J connectivity index is 2.83. The molecule has 0 aliphatic carbocycles. The summed E-state index contributed by atoms with van der Waals surface area (Å²) in [6.07, 6.45) is -4.49. The molecule has 0 radical (unpaired) electrons. The highest BCUT2D eigenvalue weighted by Crippen LogP contribution is 2.25. The van der Waals surface area contributed by atoms with E-state index in [2.05, 4.69) is 10.1 Å². The van der Waals surface area contributed by atoms with Gasteiger partial charge in [-0.15, -0.1) is 0 Å². The van der Waals surface area contributed by atoms with Crippen LogP contribution in [0.5, 0.6) is 5.75 Å². The maximum absolute atomic E-state index is 13.5. The number of rotatable bonds is 4. The molecule has 1 rings (SSSR count). The standard InChI is InChI=1S/C13H17F4NO/c1-12(2,3)18-7-9-5-4-6-10(14)11(9)19-8-13(15,16)17/h4-6,18H,7-8H2,1-3H3. The highest BCUT2D eigenvalue weighted by molar-refractivity contribution is 5.35. The van der Waals surface area contributed by atoms with Crippen molar-refractivity contribution in [1.82, 2.24) is 5.32 Å². The zero-order valence-electron chi connectivity index (χ0n) is 11.1. The van der Waals surface area contributed by atoms with Crippen LogP contribution >= 0.6 is 0 Å². The van der Waals surface area contributed by atoms with Gasteiger partial charge in [0.2, 0.25) is 0 Å². The molecule has 0 aromatic heterocycles. The van der Waals surface area contributed by atoms with Gasteiger partial charge in [-0.05, 0) is 26.8 Å². The van der Waals surface area contributed by atoms with Gasteiger partial charge < -0.3 is 10.1 Å². The predicted molar refractivity (Wildman–Crippen MR) is 64.5 cm³/mol. The summed E-state index contributed by atoms with van der Waals surface area (Å²) in [7, 11) is 0. The average Bonchev–Trinajstić information content (AvgIpc) is 2.22.